The number of aliphatic hydroxyl groups excluding tert-OH is 1. The first kappa shape index (κ1) is 21.9. The second-order valence-corrected chi connectivity index (χ2v) is 12.6. The maximum atomic E-state index is 10.4. The number of aliphatic hydroxyl groups is 1. The van der Waals surface area contributed by atoms with E-state index in [1.165, 1.54) is 57.8 Å². The van der Waals surface area contributed by atoms with E-state index in [9.17, 15) is 5.11 Å². The van der Waals surface area contributed by atoms with Crippen molar-refractivity contribution in [3.8, 4) is 0 Å². The van der Waals surface area contributed by atoms with Crippen LogP contribution in [0, 0.1) is 46.3 Å². The van der Waals surface area contributed by atoms with Gasteiger partial charge in [-0.3, -0.25) is 0 Å². The minimum atomic E-state index is -0.0475. The number of allylic oxidation sites excluding steroid dienone is 2. The molecule has 3 saturated carbocycles. The van der Waals surface area contributed by atoms with Gasteiger partial charge >= 0.3 is 0 Å². The molecule has 166 valence electrons. The molecule has 0 bridgehead atoms. The molecule has 0 aromatic heterocycles. The van der Waals surface area contributed by atoms with Gasteiger partial charge in [0.15, 0.2) is 0 Å². The minimum Gasteiger partial charge on any atom is -0.393 e. The fourth-order valence-corrected chi connectivity index (χ4v) is 8.92. The van der Waals surface area contributed by atoms with E-state index in [1.54, 1.807) is 0 Å². The molecule has 1 heteroatoms. The summed E-state index contributed by atoms with van der Waals surface area (Å²) in [6.45, 7) is 15.0. The Kier molecular flexibility index (Phi) is 6.04. The highest BCUT2D eigenvalue weighted by molar-refractivity contribution is 5.35. The topological polar surface area (TPSA) is 20.2 Å². The zero-order chi connectivity index (χ0) is 21.0. The highest BCUT2D eigenvalue weighted by atomic mass is 16.3. The smallest absolute Gasteiger partial charge is 0.0545 e. The van der Waals surface area contributed by atoms with Gasteiger partial charge in [-0.15, -0.1) is 0 Å². The molecule has 1 nitrogen and oxygen atoms in total. The monoisotopic (exact) mass is 400 g/mol. The van der Waals surface area contributed by atoms with Crippen LogP contribution < -0.4 is 0 Å². The Morgan fingerprint density at radius 2 is 1.76 bits per heavy atom. The summed E-state index contributed by atoms with van der Waals surface area (Å²) in [5.74, 6) is 4.85. The molecule has 29 heavy (non-hydrogen) atoms. The van der Waals surface area contributed by atoms with Crippen molar-refractivity contribution in [2.75, 3.05) is 0 Å². The maximum absolute atomic E-state index is 10.4. The van der Waals surface area contributed by atoms with Crippen LogP contribution in [0.2, 0.25) is 0 Å². The molecule has 0 spiro atoms. The lowest BCUT2D eigenvalue weighted by Gasteiger charge is -2.59. The van der Waals surface area contributed by atoms with E-state index in [0.717, 1.165) is 42.4 Å². The quantitative estimate of drug-likeness (QED) is 0.467. The Labute approximate surface area is 181 Å². The molecule has 4 aliphatic carbocycles. The molecule has 3 fully saturated rings. The van der Waals surface area contributed by atoms with Crippen LogP contribution >= 0.6 is 0 Å². The van der Waals surface area contributed by atoms with Gasteiger partial charge in [0.25, 0.3) is 0 Å². The number of hydrogen-bond donors (Lipinski definition) is 1. The van der Waals surface area contributed by atoms with E-state index in [-0.39, 0.29) is 6.10 Å². The lowest BCUT2D eigenvalue weighted by atomic mass is 9.46. The third-order valence-corrected chi connectivity index (χ3v) is 10.7. The SMILES string of the molecule is CC(C)CCC[C@@H](C)[C@H]1CCC2=C3CC[C@H]4C[C@@H](O)CC(C)[C@]4(C)[C@H]3CC[C@@]21C. The van der Waals surface area contributed by atoms with Crippen molar-refractivity contribution in [1.29, 1.82) is 0 Å². The Bertz CT molecular complexity index is 632. The Morgan fingerprint density at radius 3 is 2.48 bits per heavy atom. The van der Waals surface area contributed by atoms with Crippen LogP contribution in [-0.2, 0) is 0 Å². The van der Waals surface area contributed by atoms with Crippen molar-refractivity contribution in [3.63, 3.8) is 0 Å². The van der Waals surface area contributed by atoms with E-state index in [0.29, 0.717) is 16.7 Å². The van der Waals surface area contributed by atoms with Crippen LogP contribution in [0.4, 0.5) is 0 Å². The third-order valence-electron chi connectivity index (χ3n) is 10.7. The lowest BCUT2D eigenvalue weighted by Crippen LogP contribution is -2.52. The molecule has 4 rings (SSSR count). The molecular weight excluding hydrogens is 352 g/mol. The molecular formula is C28H48O. The molecule has 0 amide bonds. The average Bonchev–Trinajstić information content (AvgIpc) is 3.00. The Morgan fingerprint density at radius 1 is 1.00 bits per heavy atom. The molecule has 4 aliphatic rings. The van der Waals surface area contributed by atoms with Crippen LogP contribution in [0.5, 0.6) is 0 Å². The number of fused-ring (bicyclic) bond motifs is 4. The van der Waals surface area contributed by atoms with E-state index in [4.69, 9.17) is 0 Å². The highest BCUT2D eigenvalue weighted by Gasteiger charge is 2.57. The first-order valence-corrected chi connectivity index (χ1v) is 13.1. The largest absolute Gasteiger partial charge is 0.393 e. The second-order valence-electron chi connectivity index (χ2n) is 12.6. The number of hydrogen-bond acceptors (Lipinski definition) is 1. The van der Waals surface area contributed by atoms with Gasteiger partial charge in [0.05, 0.1) is 6.10 Å². The predicted octanol–water partition coefficient (Wildman–Crippen LogP) is 7.78. The van der Waals surface area contributed by atoms with Crippen molar-refractivity contribution in [2.24, 2.45) is 46.3 Å². The minimum absolute atomic E-state index is 0.0475. The first-order chi connectivity index (χ1) is 13.7. The highest BCUT2D eigenvalue weighted by Crippen LogP contribution is 2.66. The lowest BCUT2D eigenvalue weighted by molar-refractivity contribution is -0.0780. The summed E-state index contributed by atoms with van der Waals surface area (Å²) in [7, 11) is 0. The molecule has 0 radical (unpaired) electrons. The van der Waals surface area contributed by atoms with Gasteiger partial charge < -0.3 is 5.11 Å². The van der Waals surface area contributed by atoms with E-state index in [1.807, 2.05) is 11.1 Å². The third kappa shape index (κ3) is 3.56. The standard InChI is InChI=1S/C28H48O/c1-18(2)8-7-9-19(3)24-12-13-25-23-11-10-21-17-22(29)16-20(4)28(21,6)26(23)14-15-27(24,25)5/h18-22,24,26,29H,7-17H2,1-6H3/t19-,20?,21+,22+,24-,26+,27-,28+/m1/s1. The molecule has 0 aromatic rings. The van der Waals surface area contributed by atoms with Crippen LogP contribution in [0.3, 0.4) is 0 Å². The summed E-state index contributed by atoms with van der Waals surface area (Å²) in [4.78, 5) is 0. The molecule has 0 aliphatic heterocycles. The fraction of sp³-hybridized carbons (Fsp3) is 0.929. The van der Waals surface area contributed by atoms with Gasteiger partial charge in [-0.05, 0) is 97.7 Å². The van der Waals surface area contributed by atoms with Crippen molar-refractivity contribution < 1.29 is 5.11 Å². The molecule has 0 saturated heterocycles. The summed E-state index contributed by atoms with van der Waals surface area (Å²) in [5, 5.41) is 10.4. The second kappa shape index (κ2) is 7.99. The molecule has 0 heterocycles. The summed E-state index contributed by atoms with van der Waals surface area (Å²) in [5.41, 5.74) is 4.76. The van der Waals surface area contributed by atoms with E-state index >= 15 is 0 Å². The number of rotatable bonds is 5. The van der Waals surface area contributed by atoms with Gasteiger partial charge in [-0.25, -0.2) is 0 Å². The molecule has 8 atom stereocenters. The Hall–Kier alpha value is -0.300. The average molecular weight is 401 g/mol. The van der Waals surface area contributed by atoms with Gasteiger partial charge in [-0.1, -0.05) is 72.0 Å². The zero-order valence-corrected chi connectivity index (χ0v) is 20.3. The van der Waals surface area contributed by atoms with E-state index in [2.05, 4.69) is 41.5 Å². The van der Waals surface area contributed by atoms with Crippen molar-refractivity contribution >= 4 is 0 Å². The summed E-state index contributed by atoms with van der Waals surface area (Å²) < 4.78 is 0. The first-order valence-electron chi connectivity index (χ1n) is 13.1. The zero-order valence-electron chi connectivity index (χ0n) is 20.3. The summed E-state index contributed by atoms with van der Waals surface area (Å²) >= 11 is 0. The van der Waals surface area contributed by atoms with Crippen LogP contribution in [-0.4, -0.2) is 11.2 Å². The molecule has 1 N–H and O–H groups in total. The molecule has 1 unspecified atom stereocenters. The molecule has 0 aromatic carbocycles. The normalized spacial score (nSPS) is 45.7. The van der Waals surface area contributed by atoms with Crippen LogP contribution in [0.25, 0.3) is 0 Å². The maximum Gasteiger partial charge on any atom is 0.0545 e. The Balaban J connectivity index is 1.56. The van der Waals surface area contributed by atoms with Crippen LogP contribution in [0.15, 0.2) is 11.1 Å². The van der Waals surface area contributed by atoms with Crippen molar-refractivity contribution in [3.05, 3.63) is 11.1 Å². The summed E-state index contributed by atoms with van der Waals surface area (Å²) in [6.07, 6.45) is 14.6. The van der Waals surface area contributed by atoms with Crippen LogP contribution in [0.1, 0.15) is 112 Å². The van der Waals surface area contributed by atoms with Gasteiger partial charge in [0.1, 0.15) is 0 Å². The van der Waals surface area contributed by atoms with Gasteiger partial charge in [0.2, 0.25) is 0 Å². The van der Waals surface area contributed by atoms with Crippen molar-refractivity contribution in [2.45, 2.75) is 118 Å². The van der Waals surface area contributed by atoms with E-state index < -0.39 is 0 Å². The summed E-state index contributed by atoms with van der Waals surface area (Å²) in [6, 6.07) is 0. The fourth-order valence-electron chi connectivity index (χ4n) is 8.92. The van der Waals surface area contributed by atoms with Gasteiger partial charge in [0, 0.05) is 0 Å². The van der Waals surface area contributed by atoms with Crippen molar-refractivity contribution in [1.82, 2.24) is 0 Å². The predicted molar refractivity (Wildman–Crippen MR) is 124 cm³/mol. The van der Waals surface area contributed by atoms with Gasteiger partial charge in [-0.2, -0.15) is 0 Å².